The minimum atomic E-state index is 0.654. The van der Waals surface area contributed by atoms with Gasteiger partial charge in [-0.3, -0.25) is 0 Å². The quantitative estimate of drug-likeness (QED) is 0.758. The Balaban J connectivity index is 2.71. The molecule has 2 aromatic rings. The van der Waals surface area contributed by atoms with Gasteiger partial charge in [0.05, 0.1) is 11.6 Å². The smallest absolute Gasteiger partial charge is 0.0991 e. The van der Waals surface area contributed by atoms with Gasteiger partial charge in [-0.05, 0) is 24.3 Å². The lowest BCUT2D eigenvalue weighted by molar-refractivity contribution is 1.46. The van der Waals surface area contributed by atoms with Crippen LogP contribution in [0, 0.1) is 11.3 Å². The number of halogens is 1. The molecule has 1 heterocycles. The zero-order valence-electron chi connectivity index (χ0n) is 7.29. The second kappa shape index (κ2) is 3.57. The van der Waals surface area contributed by atoms with Gasteiger partial charge in [-0.1, -0.05) is 11.6 Å². The fraction of sp³-hybridized carbons (Fsp3) is 0. The molecule has 0 aliphatic rings. The normalized spacial score (nSPS) is 10.9. The van der Waals surface area contributed by atoms with Crippen molar-refractivity contribution in [3.05, 3.63) is 41.1 Å². The summed E-state index contributed by atoms with van der Waals surface area (Å²) in [6.07, 6.45) is 3.66. The number of aromatic amines is 1. The van der Waals surface area contributed by atoms with Crippen LogP contribution in [0.2, 0.25) is 0 Å². The number of hydrogen-bond donors (Lipinski definition) is 1. The first-order valence-corrected chi connectivity index (χ1v) is 4.57. The van der Waals surface area contributed by atoms with Crippen molar-refractivity contribution in [2.24, 2.45) is 0 Å². The zero-order valence-corrected chi connectivity index (χ0v) is 8.05. The minimum Gasteiger partial charge on any atom is -0.361 e. The van der Waals surface area contributed by atoms with Crippen molar-refractivity contribution in [1.29, 1.82) is 5.26 Å². The lowest BCUT2D eigenvalue weighted by Gasteiger charge is -1.92. The third kappa shape index (κ3) is 1.39. The van der Waals surface area contributed by atoms with E-state index >= 15 is 0 Å². The van der Waals surface area contributed by atoms with E-state index in [1.165, 1.54) is 5.54 Å². The molecule has 14 heavy (non-hydrogen) atoms. The fourth-order valence-electron chi connectivity index (χ4n) is 1.42. The van der Waals surface area contributed by atoms with Crippen LogP contribution < -0.4 is 0 Å². The van der Waals surface area contributed by atoms with Crippen molar-refractivity contribution in [2.45, 2.75) is 0 Å². The van der Waals surface area contributed by atoms with Gasteiger partial charge in [-0.2, -0.15) is 5.26 Å². The minimum absolute atomic E-state index is 0.654. The predicted octanol–water partition coefficient (Wildman–Crippen LogP) is 3.25. The summed E-state index contributed by atoms with van der Waals surface area (Å²) in [5, 5.41) is 9.77. The lowest BCUT2D eigenvalue weighted by atomic mass is 10.1. The number of hydrogen-bond acceptors (Lipinski definition) is 1. The van der Waals surface area contributed by atoms with Crippen molar-refractivity contribution in [3.8, 4) is 6.07 Å². The molecule has 1 aromatic heterocycles. The first-order valence-electron chi connectivity index (χ1n) is 4.13. The maximum Gasteiger partial charge on any atom is 0.0991 e. The van der Waals surface area contributed by atoms with E-state index < -0.39 is 0 Å². The van der Waals surface area contributed by atoms with E-state index in [4.69, 9.17) is 16.9 Å². The summed E-state index contributed by atoms with van der Waals surface area (Å²) < 4.78 is 0. The lowest BCUT2D eigenvalue weighted by Crippen LogP contribution is -1.74. The third-order valence-electron chi connectivity index (χ3n) is 2.09. The molecule has 0 atom stereocenters. The molecule has 0 amide bonds. The SMILES string of the molecule is N#Cc1ccc2[nH]cc(C=CCl)c2c1. The average Bonchev–Trinajstić information content (AvgIpc) is 2.61. The van der Waals surface area contributed by atoms with Crippen LogP contribution >= 0.6 is 11.6 Å². The van der Waals surface area contributed by atoms with Crippen molar-refractivity contribution >= 4 is 28.6 Å². The van der Waals surface area contributed by atoms with E-state index in [2.05, 4.69) is 11.1 Å². The van der Waals surface area contributed by atoms with Crippen LogP contribution in [0.15, 0.2) is 29.9 Å². The third-order valence-corrected chi connectivity index (χ3v) is 2.21. The molecule has 1 aromatic carbocycles. The van der Waals surface area contributed by atoms with Gasteiger partial charge in [0, 0.05) is 28.2 Å². The summed E-state index contributed by atoms with van der Waals surface area (Å²) in [5.41, 5.74) is 4.11. The Morgan fingerprint density at radius 1 is 1.43 bits per heavy atom. The fourth-order valence-corrected chi connectivity index (χ4v) is 1.55. The Hall–Kier alpha value is -1.72. The molecular weight excluding hydrogens is 196 g/mol. The molecule has 0 saturated heterocycles. The van der Waals surface area contributed by atoms with Gasteiger partial charge in [0.2, 0.25) is 0 Å². The number of nitrogens with zero attached hydrogens (tertiary/aromatic N) is 1. The highest BCUT2D eigenvalue weighted by Crippen LogP contribution is 2.20. The van der Waals surface area contributed by atoms with Crippen LogP contribution in [0.25, 0.3) is 17.0 Å². The number of H-pyrrole nitrogens is 1. The molecule has 2 nitrogen and oxygen atoms in total. The Labute approximate surface area is 86.4 Å². The summed E-state index contributed by atoms with van der Waals surface area (Å²) >= 11 is 5.51. The number of nitriles is 1. The highest BCUT2D eigenvalue weighted by Gasteiger charge is 2.01. The first kappa shape index (κ1) is 8.86. The van der Waals surface area contributed by atoms with Crippen molar-refractivity contribution < 1.29 is 0 Å². The number of benzene rings is 1. The number of nitrogens with one attached hydrogen (secondary N) is 1. The monoisotopic (exact) mass is 202 g/mol. The maximum absolute atomic E-state index is 8.75. The molecule has 0 fully saturated rings. The van der Waals surface area contributed by atoms with E-state index in [9.17, 15) is 0 Å². The molecule has 0 unspecified atom stereocenters. The largest absolute Gasteiger partial charge is 0.361 e. The molecule has 0 aliphatic heterocycles. The molecule has 1 N–H and O–H groups in total. The summed E-state index contributed by atoms with van der Waals surface area (Å²) in [7, 11) is 0. The summed E-state index contributed by atoms with van der Waals surface area (Å²) in [6, 6.07) is 7.63. The van der Waals surface area contributed by atoms with E-state index in [-0.39, 0.29) is 0 Å². The molecule has 0 saturated carbocycles. The Kier molecular flexibility index (Phi) is 2.26. The standard InChI is InChI=1S/C11H7ClN2/c12-4-3-9-7-14-11-2-1-8(6-13)5-10(9)11/h1-5,7,14H. The molecule has 68 valence electrons. The molecule has 0 spiro atoms. The van der Waals surface area contributed by atoms with Gasteiger partial charge >= 0.3 is 0 Å². The van der Waals surface area contributed by atoms with E-state index in [0.717, 1.165) is 16.5 Å². The van der Waals surface area contributed by atoms with Gasteiger partial charge in [-0.15, -0.1) is 0 Å². The second-order valence-corrected chi connectivity index (χ2v) is 3.16. The Bertz CT molecular complexity index is 532. The molecular formula is C11H7ClN2. The van der Waals surface area contributed by atoms with Crippen LogP contribution in [0.1, 0.15) is 11.1 Å². The highest BCUT2D eigenvalue weighted by atomic mass is 35.5. The highest BCUT2D eigenvalue weighted by molar-refractivity contribution is 6.27. The molecule has 0 radical (unpaired) electrons. The molecule has 3 heteroatoms. The summed E-state index contributed by atoms with van der Waals surface area (Å²) in [5.74, 6) is 0. The van der Waals surface area contributed by atoms with Crippen LogP contribution in [-0.4, -0.2) is 4.98 Å². The van der Waals surface area contributed by atoms with Gasteiger partial charge in [0.1, 0.15) is 0 Å². The molecule has 2 rings (SSSR count). The van der Waals surface area contributed by atoms with Gasteiger partial charge in [0.15, 0.2) is 0 Å². The van der Waals surface area contributed by atoms with Gasteiger partial charge in [0.25, 0.3) is 0 Å². The zero-order chi connectivity index (χ0) is 9.97. The summed E-state index contributed by atoms with van der Waals surface area (Å²) in [4.78, 5) is 3.10. The number of rotatable bonds is 1. The van der Waals surface area contributed by atoms with E-state index in [0.29, 0.717) is 5.56 Å². The number of aromatic nitrogens is 1. The summed E-state index contributed by atoms with van der Waals surface area (Å²) in [6.45, 7) is 0. The Morgan fingerprint density at radius 2 is 2.29 bits per heavy atom. The average molecular weight is 203 g/mol. The maximum atomic E-state index is 8.75. The van der Waals surface area contributed by atoms with E-state index in [1.807, 2.05) is 18.3 Å². The van der Waals surface area contributed by atoms with Crippen molar-refractivity contribution in [1.82, 2.24) is 4.98 Å². The van der Waals surface area contributed by atoms with Crippen LogP contribution in [0.4, 0.5) is 0 Å². The van der Waals surface area contributed by atoms with Crippen LogP contribution in [-0.2, 0) is 0 Å². The topological polar surface area (TPSA) is 39.6 Å². The second-order valence-electron chi connectivity index (χ2n) is 2.91. The van der Waals surface area contributed by atoms with Crippen LogP contribution in [0.5, 0.6) is 0 Å². The molecule has 0 aliphatic carbocycles. The van der Waals surface area contributed by atoms with Crippen LogP contribution in [0.3, 0.4) is 0 Å². The number of fused-ring (bicyclic) bond motifs is 1. The van der Waals surface area contributed by atoms with Gasteiger partial charge in [-0.25, -0.2) is 0 Å². The van der Waals surface area contributed by atoms with E-state index in [1.54, 1.807) is 12.1 Å². The predicted molar refractivity (Wildman–Crippen MR) is 57.9 cm³/mol. The first-order chi connectivity index (χ1) is 6.85. The van der Waals surface area contributed by atoms with Gasteiger partial charge < -0.3 is 4.98 Å². The molecule has 0 bridgehead atoms. The van der Waals surface area contributed by atoms with Crippen molar-refractivity contribution in [3.63, 3.8) is 0 Å². The Morgan fingerprint density at radius 3 is 3.00 bits per heavy atom. The van der Waals surface area contributed by atoms with Crippen molar-refractivity contribution in [2.75, 3.05) is 0 Å².